The van der Waals surface area contributed by atoms with E-state index in [4.69, 9.17) is 11.5 Å². The molecule has 0 saturated carbocycles. The van der Waals surface area contributed by atoms with Gasteiger partial charge in [0.1, 0.15) is 84.3 Å². The standard InChI is InChI=1S/C85H123N17O20/c1-11-47(8)70(85(121)122)99-81(117)68-26-19-33-102(68)83(119)64(36-46(6)7)96-77(113)63(39-52-42-89-57-23-15-13-21-55(52)57)93-74(110)59(34-44(2)3)91-73(109)58(24-16-17-31-86)90-82(118)71(49(10)104)100-78(114)60(35-45(4)5)95-80(116)67-25-18-32-101(67)84(120)65(40-69(106)107)97-75(111)61(37-50-27-29-53(105)30-28-50)92-76(112)62(38-51-41-88-56-22-14-12-20-54(51)56)94-79(115)66(43-103)98-72(108)48(9)87/h12-15,20-23,27-30,41-42,44-49,58-68,70-71,88-89,103-105H,11,16-19,24-26,31-40,43,86-87H2,1-10H3,(H,90,118)(H,91,109)(H,92,112)(H,93,110)(H,94,115)(H,95,116)(H,96,113)(H,97,111)(H,98,108)(H,99,117)(H,100,114)(H,106,107)(H,121,122)/t47-,48-,49+,58-,59-,60-,61-,62-,63-,64-,65-,66-,67-,68-,70-,71-/m0/s1. The van der Waals surface area contributed by atoms with Crippen molar-refractivity contribution in [2.45, 2.75) is 256 Å². The molecule has 0 radical (unpaired) electrons. The number of benzene rings is 3. The predicted octanol–water partition coefficient (Wildman–Crippen LogP) is 0.290. The van der Waals surface area contributed by atoms with E-state index in [1.165, 1.54) is 43.0 Å². The van der Waals surface area contributed by atoms with Crippen LogP contribution in [0.5, 0.6) is 5.75 Å². The summed E-state index contributed by atoms with van der Waals surface area (Å²) in [7, 11) is 0. The molecular weight excluding hydrogens is 1580 g/mol. The van der Waals surface area contributed by atoms with Gasteiger partial charge in [0.05, 0.1) is 25.2 Å². The number of aliphatic hydroxyl groups excluding tert-OH is 2. The van der Waals surface area contributed by atoms with E-state index in [0.29, 0.717) is 46.9 Å². The molecule has 16 atom stereocenters. The number of phenols is 1. The van der Waals surface area contributed by atoms with Gasteiger partial charge in [0.2, 0.25) is 76.8 Å². The van der Waals surface area contributed by atoms with Crippen LogP contribution in [0.1, 0.15) is 163 Å². The van der Waals surface area contributed by atoms with E-state index in [1.54, 1.807) is 84.3 Å². The van der Waals surface area contributed by atoms with Gasteiger partial charge < -0.3 is 115 Å². The monoisotopic (exact) mass is 1700 g/mol. The van der Waals surface area contributed by atoms with Crippen LogP contribution in [0.4, 0.5) is 0 Å². The molecule has 37 heteroatoms. The Kier molecular flexibility index (Phi) is 37.1. The second-order valence-electron chi connectivity index (χ2n) is 33.1. The Bertz CT molecular complexity index is 4470. The zero-order valence-corrected chi connectivity index (χ0v) is 70.9. The third-order valence-electron chi connectivity index (χ3n) is 21.8. The summed E-state index contributed by atoms with van der Waals surface area (Å²) in [6.07, 6.45) is 1.53. The van der Waals surface area contributed by atoms with Gasteiger partial charge in [0.15, 0.2) is 0 Å². The summed E-state index contributed by atoms with van der Waals surface area (Å²) in [5, 5.41) is 82.3. The molecule has 122 heavy (non-hydrogen) atoms. The zero-order valence-electron chi connectivity index (χ0n) is 70.9. The summed E-state index contributed by atoms with van der Waals surface area (Å²) in [6.45, 7) is 16.0. The number of carboxylic acids is 2. The highest BCUT2D eigenvalue weighted by atomic mass is 16.4. The first-order valence-electron chi connectivity index (χ1n) is 41.9. The lowest BCUT2D eigenvalue weighted by atomic mass is 9.98. The Morgan fingerprint density at radius 2 is 0.877 bits per heavy atom. The summed E-state index contributed by atoms with van der Waals surface area (Å²) in [5.41, 5.74) is 14.5. The number of unbranched alkanes of at least 4 members (excludes halogenated alkanes) is 1. The molecule has 2 aromatic heterocycles. The van der Waals surface area contributed by atoms with Crippen LogP contribution in [0.3, 0.4) is 0 Å². The fourth-order valence-electron chi connectivity index (χ4n) is 15.0. The maximum absolute atomic E-state index is 15.0. The molecule has 2 aliphatic rings. The topological polar surface area (TPSA) is 580 Å². The molecule has 37 nitrogen and oxygen atoms in total. The molecule has 22 N–H and O–H groups in total. The number of phenolic OH excluding ortho intramolecular Hbond substituents is 1. The average molecular weight is 1700 g/mol. The lowest BCUT2D eigenvalue weighted by Gasteiger charge is -2.32. The highest BCUT2D eigenvalue weighted by Gasteiger charge is 2.45. The molecule has 0 spiro atoms. The van der Waals surface area contributed by atoms with Crippen molar-refractivity contribution in [1.82, 2.24) is 78.3 Å². The number of aromatic amines is 2. The first-order valence-corrected chi connectivity index (χ1v) is 41.9. The highest BCUT2D eigenvalue weighted by Crippen LogP contribution is 2.27. The normalized spacial score (nSPS) is 17.5. The fraction of sp³-hybridized carbons (Fsp3) is 0.565. The van der Waals surface area contributed by atoms with Gasteiger partial charge in [0, 0.05) is 66.6 Å². The SMILES string of the molecule is CC[C@H](C)[C@H](NC(=O)[C@@H]1CCCN1C(=O)[C@H](CC(C)C)NC(=O)[C@H](Cc1c[nH]c2ccccc12)NC(=O)[C@H](CC(C)C)NC(=O)[C@H](CCCCN)NC(=O)[C@@H](NC(=O)[C@H](CC(C)C)NC(=O)[C@@H]1CCCN1C(=O)[C@H](CC(=O)O)NC(=O)[C@H](Cc1ccc(O)cc1)NC(=O)[C@H](Cc1c[nH]c2ccccc12)NC(=O)[C@H](CO)NC(=O)[C@H](C)N)[C@@H](C)O)C(=O)O. The maximum atomic E-state index is 15.0. The summed E-state index contributed by atoms with van der Waals surface area (Å²) in [4.78, 5) is 222. The number of nitrogens with one attached hydrogen (secondary N) is 13. The second kappa shape index (κ2) is 46.4. The zero-order chi connectivity index (χ0) is 89.9. The van der Waals surface area contributed by atoms with Crippen molar-refractivity contribution >= 4 is 111 Å². The van der Waals surface area contributed by atoms with E-state index in [0.717, 1.165) is 15.8 Å². The number of carbonyl (C=O) groups is 15. The Morgan fingerprint density at radius 1 is 0.467 bits per heavy atom. The molecule has 0 bridgehead atoms. The van der Waals surface area contributed by atoms with Crippen LogP contribution >= 0.6 is 0 Å². The summed E-state index contributed by atoms with van der Waals surface area (Å²) >= 11 is 0. The lowest BCUT2D eigenvalue weighted by Crippen LogP contribution is -2.62. The van der Waals surface area contributed by atoms with E-state index >= 15 is 9.59 Å². The largest absolute Gasteiger partial charge is 0.508 e. The van der Waals surface area contributed by atoms with Crippen LogP contribution < -0.4 is 70.0 Å². The smallest absolute Gasteiger partial charge is 0.326 e. The molecule has 0 unspecified atom stereocenters. The van der Waals surface area contributed by atoms with Crippen molar-refractivity contribution < 1.29 is 97.5 Å². The number of hydrogen-bond acceptors (Lipinski definition) is 20. The van der Waals surface area contributed by atoms with E-state index < -0.39 is 198 Å². The first-order chi connectivity index (χ1) is 57.8. The molecule has 13 amide bonds. The molecule has 7 rings (SSSR count). The molecule has 2 saturated heterocycles. The number of nitrogens with zero attached hydrogens (tertiary/aromatic N) is 2. The fourth-order valence-corrected chi connectivity index (χ4v) is 15.0. The number of H-pyrrole nitrogens is 2. The van der Waals surface area contributed by atoms with Gasteiger partial charge in [-0.1, -0.05) is 110 Å². The Balaban J connectivity index is 1.08. The quantitative estimate of drug-likeness (QED) is 0.0233. The first kappa shape index (κ1) is 97.6. The van der Waals surface area contributed by atoms with Gasteiger partial charge in [0.25, 0.3) is 0 Å². The molecule has 668 valence electrons. The number of hydrogen-bond donors (Lipinski definition) is 20. The Hall–Kier alpha value is -11.6. The highest BCUT2D eigenvalue weighted by molar-refractivity contribution is 6.02. The summed E-state index contributed by atoms with van der Waals surface area (Å²) < 4.78 is 0. The van der Waals surface area contributed by atoms with Gasteiger partial charge in [-0.15, -0.1) is 0 Å². The van der Waals surface area contributed by atoms with Gasteiger partial charge in [-0.3, -0.25) is 67.1 Å². The van der Waals surface area contributed by atoms with E-state index in [9.17, 15) is 87.9 Å². The van der Waals surface area contributed by atoms with Crippen molar-refractivity contribution in [3.05, 3.63) is 102 Å². The molecule has 4 heterocycles. The number of nitrogens with two attached hydrogens (primary N) is 2. The van der Waals surface area contributed by atoms with Crippen molar-refractivity contribution in [3.8, 4) is 5.75 Å². The third kappa shape index (κ3) is 28.0. The second-order valence-corrected chi connectivity index (χ2v) is 33.1. The number of aliphatic hydroxyl groups is 2. The van der Waals surface area contributed by atoms with Gasteiger partial charge >= 0.3 is 11.9 Å². The molecule has 3 aromatic carbocycles. The number of amides is 13. The number of likely N-dealkylation sites (tertiary alicyclic amines) is 2. The number of aliphatic carboxylic acids is 2. The van der Waals surface area contributed by atoms with Crippen molar-refractivity contribution in [2.24, 2.45) is 35.1 Å². The van der Waals surface area contributed by atoms with Crippen molar-refractivity contribution in [2.75, 3.05) is 26.2 Å². The minimum Gasteiger partial charge on any atom is -0.508 e. The van der Waals surface area contributed by atoms with Crippen LogP contribution in [-0.4, -0.2) is 251 Å². The predicted molar refractivity (Wildman–Crippen MR) is 450 cm³/mol. The number of fused-ring (bicyclic) bond motifs is 2. The summed E-state index contributed by atoms with van der Waals surface area (Å²) in [6, 6.07) is -0.608. The van der Waals surface area contributed by atoms with Gasteiger partial charge in [-0.25, -0.2) is 4.79 Å². The molecule has 0 aliphatic carbocycles. The lowest BCUT2D eigenvalue weighted by molar-refractivity contribution is -0.146. The van der Waals surface area contributed by atoms with Gasteiger partial charge in [-0.2, -0.15) is 0 Å². The maximum Gasteiger partial charge on any atom is 0.326 e. The van der Waals surface area contributed by atoms with Gasteiger partial charge in [-0.05, 0) is 149 Å². The number of aromatic hydroxyl groups is 1. The minimum absolute atomic E-state index is 0.0171. The van der Waals surface area contributed by atoms with Crippen LogP contribution in [-0.2, 0) is 91.2 Å². The number of para-hydroxylation sites is 2. The number of aromatic nitrogens is 2. The molecule has 2 aliphatic heterocycles. The molecular formula is C85H123N17O20. The van der Waals surface area contributed by atoms with Crippen molar-refractivity contribution in [3.63, 3.8) is 0 Å². The minimum atomic E-state index is -1.93. The van der Waals surface area contributed by atoms with Crippen LogP contribution in [0.15, 0.2) is 85.2 Å². The van der Waals surface area contributed by atoms with Crippen LogP contribution in [0, 0.1) is 23.7 Å². The number of carboxylic acid groups (broad SMARTS) is 2. The summed E-state index contributed by atoms with van der Waals surface area (Å²) in [5.74, 6) is -15.9. The van der Waals surface area contributed by atoms with E-state index in [2.05, 4.69) is 68.5 Å². The Labute approximate surface area is 708 Å². The van der Waals surface area contributed by atoms with Crippen LogP contribution in [0.25, 0.3) is 21.8 Å². The van der Waals surface area contributed by atoms with E-state index in [-0.39, 0.29) is 114 Å². The molecule has 5 aromatic rings. The van der Waals surface area contributed by atoms with E-state index in [1.807, 2.05) is 32.0 Å². The third-order valence-corrected chi connectivity index (χ3v) is 21.8. The average Bonchev–Trinajstić information content (AvgIpc) is 1.49. The van der Waals surface area contributed by atoms with Crippen LogP contribution in [0.2, 0.25) is 0 Å². The molecule has 2 fully saturated rings. The van der Waals surface area contributed by atoms with Crippen molar-refractivity contribution in [1.29, 1.82) is 0 Å². The Morgan fingerprint density at radius 3 is 1.34 bits per heavy atom. The number of carbonyl (C=O) groups excluding carboxylic acids is 13. The number of rotatable bonds is 47.